The Hall–Kier alpha value is -2.58. The van der Waals surface area contributed by atoms with Crippen molar-refractivity contribution in [3.63, 3.8) is 0 Å². The Morgan fingerprint density at radius 3 is 2.22 bits per heavy atom. The Kier molecular flexibility index (Phi) is 6.45. The third-order valence-corrected chi connectivity index (χ3v) is 5.35. The van der Waals surface area contributed by atoms with E-state index >= 15 is 0 Å². The molecule has 0 radical (unpaired) electrons. The van der Waals surface area contributed by atoms with Gasteiger partial charge in [-0.2, -0.15) is 0 Å². The molecule has 2 rings (SSSR count). The van der Waals surface area contributed by atoms with E-state index in [4.69, 9.17) is 16.7 Å². The van der Waals surface area contributed by atoms with Gasteiger partial charge in [0, 0.05) is 17.8 Å². The lowest BCUT2D eigenvalue weighted by Gasteiger charge is -2.11. The fourth-order valence-corrected chi connectivity index (χ4v) is 3.84. The predicted molar refractivity (Wildman–Crippen MR) is 104 cm³/mol. The summed E-state index contributed by atoms with van der Waals surface area (Å²) in [5, 5.41) is 11.6. The number of hydrogen-bond acceptors (Lipinski definition) is 4. The molecule has 0 aliphatic carbocycles. The van der Waals surface area contributed by atoms with Gasteiger partial charge in [-0.15, -0.1) is 0 Å². The number of carbonyl (C=O) groups is 2. The van der Waals surface area contributed by atoms with Crippen LogP contribution in [-0.4, -0.2) is 25.4 Å². The number of hydrogen-bond donors (Lipinski definition) is 3. The number of carbonyl (C=O) groups excluding carboxylic acids is 1. The van der Waals surface area contributed by atoms with E-state index in [0.29, 0.717) is 12.1 Å². The Labute approximate surface area is 162 Å². The highest BCUT2D eigenvalue weighted by Crippen LogP contribution is 2.25. The largest absolute Gasteiger partial charge is 0.478 e. The van der Waals surface area contributed by atoms with E-state index in [-0.39, 0.29) is 33.0 Å². The van der Waals surface area contributed by atoms with Crippen molar-refractivity contribution in [3.8, 4) is 0 Å². The third-order valence-electron chi connectivity index (χ3n) is 3.48. The number of benzene rings is 2. The molecule has 7 nitrogen and oxygen atoms in total. The summed E-state index contributed by atoms with van der Waals surface area (Å²) in [7, 11) is -4.08. The number of rotatable bonds is 7. The van der Waals surface area contributed by atoms with E-state index in [2.05, 4.69) is 10.0 Å². The highest BCUT2D eigenvalue weighted by molar-refractivity contribution is 7.92. The number of carboxylic acids is 1. The maximum Gasteiger partial charge on any atom is 0.335 e. The van der Waals surface area contributed by atoms with Gasteiger partial charge in [-0.3, -0.25) is 9.52 Å². The van der Waals surface area contributed by atoms with Gasteiger partial charge in [0.15, 0.2) is 0 Å². The van der Waals surface area contributed by atoms with E-state index in [1.807, 2.05) is 13.8 Å². The van der Waals surface area contributed by atoms with E-state index in [1.165, 1.54) is 24.3 Å². The maximum atomic E-state index is 12.5. The summed E-state index contributed by atoms with van der Waals surface area (Å²) in [5.41, 5.74) is 0.589. The molecule has 0 aliphatic heterocycles. The van der Waals surface area contributed by atoms with Crippen LogP contribution in [0, 0.1) is 5.92 Å². The average molecular weight is 411 g/mol. The smallest absolute Gasteiger partial charge is 0.335 e. The third kappa shape index (κ3) is 5.70. The molecule has 0 aromatic heterocycles. The topological polar surface area (TPSA) is 113 Å². The van der Waals surface area contributed by atoms with Gasteiger partial charge in [-0.25, -0.2) is 13.2 Å². The van der Waals surface area contributed by atoms with Crippen LogP contribution in [0.1, 0.15) is 30.6 Å². The van der Waals surface area contributed by atoms with Gasteiger partial charge in [-0.1, -0.05) is 25.4 Å². The van der Waals surface area contributed by atoms with Crippen LogP contribution in [0.25, 0.3) is 0 Å². The lowest BCUT2D eigenvalue weighted by molar-refractivity contribution is -0.116. The summed E-state index contributed by atoms with van der Waals surface area (Å²) in [6, 6.07) is 9.52. The number of amides is 1. The van der Waals surface area contributed by atoms with Crippen molar-refractivity contribution in [3.05, 3.63) is 53.1 Å². The highest BCUT2D eigenvalue weighted by Gasteiger charge is 2.20. The molecule has 2 aromatic carbocycles. The summed E-state index contributed by atoms with van der Waals surface area (Å²) < 4.78 is 27.4. The fraction of sp³-hybridized carbons (Fsp3) is 0.222. The summed E-state index contributed by atoms with van der Waals surface area (Å²) in [6.45, 7) is 3.86. The molecule has 0 fully saturated rings. The van der Waals surface area contributed by atoms with Crippen LogP contribution < -0.4 is 10.0 Å². The molecule has 1 amide bonds. The van der Waals surface area contributed by atoms with Gasteiger partial charge in [0.25, 0.3) is 10.0 Å². The van der Waals surface area contributed by atoms with Crippen LogP contribution in [0.3, 0.4) is 0 Å². The van der Waals surface area contributed by atoms with Gasteiger partial charge >= 0.3 is 5.97 Å². The molecule has 0 aliphatic rings. The lowest BCUT2D eigenvalue weighted by Crippen LogP contribution is -2.15. The van der Waals surface area contributed by atoms with Crippen molar-refractivity contribution >= 4 is 44.9 Å². The van der Waals surface area contributed by atoms with Crippen LogP contribution in [-0.2, 0) is 14.8 Å². The first-order valence-corrected chi connectivity index (χ1v) is 9.90. The Morgan fingerprint density at radius 2 is 1.67 bits per heavy atom. The van der Waals surface area contributed by atoms with E-state index in [1.54, 1.807) is 12.1 Å². The molecule has 0 saturated carbocycles. The van der Waals surface area contributed by atoms with Gasteiger partial charge in [0.1, 0.15) is 4.90 Å². The molecule has 9 heteroatoms. The average Bonchev–Trinajstić information content (AvgIpc) is 2.55. The molecule has 3 N–H and O–H groups in total. The van der Waals surface area contributed by atoms with Crippen molar-refractivity contribution in [2.45, 2.75) is 25.2 Å². The zero-order valence-electron chi connectivity index (χ0n) is 14.7. The minimum Gasteiger partial charge on any atom is -0.478 e. The van der Waals surface area contributed by atoms with Gasteiger partial charge in [-0.05, 0) is 48.4 Å². The molecular weight excluding hydrogens is 392 g/mol. The normalized spacial score (nSPS) is 11.3. The van der Waals surface area contributed by atoms with Crippen molar-refractivity contribution in [1.82, 2.24) is 0 Å². The molecule has 0 spiro atoms. The number of anilines is 2. The van der Waals surface area contributed by atoms with Gasteiger partial charge in [0.2, 0.25) is 5.91 Å². The molecule has 0 bridgehead atoms. The Bertz CT molecular complexity index is 956. The molecule has 0 atom stereocenters. The molecule has 27 heavy (non-hydrogen) atoms. The first-order chi connectivity index (χ1) is 12.6. The maximum absolute atomic E-state index is 12.5. The van der Waals surface area contributed by atoms with Gasteiger partial charge < -0.3 is 10.4 Å². The van der Waals surface area contributed by atoms with Gasteiger partial charge in [0.05, 0.1) is 10.6 Å². The molecule has 0 saturated heterocycles. The molecule has 0 heterocycles. The second-order valence-electron chi connectivity index (χ2n) is 6.28. The van der Waals surface area contributed by atoms with Crippen molar-refractivity contribution in [2.24, 2.45) is 5.92 Å². The molecule has 144 valence electrons. The zero-order valence-corrected chi connectivity index (χ0v) is 16.3. The first-order valence-electron chi connectivity index (χ1n) is 8.04. The molecule has 0 unspecified atom stereocenters. The Balaban J connectivity index is 2.18. The van der Waals surface area contributed by atoms with E-state index in [9.17, 15) is 18.0 Å². The number of aromatic carboxylic acids is 1. The lowest BCUT2D eigenvalue weighted by atomic mass is 10.1. The van der Waals surface area contributed by atoms with Crippen LogP contribution in [0.5, 0.6) is 0 Å². The van der Waals surface area contributed by atoms with Crippen molar-refractivity contribution in [1.29, 1.82) is 0 Å². The van der Waals surface area contributed by atoms with Crippen LogP contribution in [0.4, 0.5) is 11.4 Å². The van der Waals surface area contributed by atoms with Crippen LogP contribution in [0.2, 0.25) is 5.02 Å². The highest BCUT2D eigenvalue weighted by atomic mass is 35.5. The van der Waals surface area contributed by atoms with E-state index in [0.717, 1.165) is 6.07 Å². The first kappa shape index (κ1) is 20.7. The molecular formula is C18H19ClN2O5S. The van der Waals surface area contributed by atoms with Crippen LogP contribution in [0.15, 0.2) is 47.4 Å². The van der Waals surface area contributed by atoms with E-state index < -0.39 is 16.0 Å². The number of nitrogens with one attached hydrogen (secondary N) is 2. The fourth-order valence-electron chi connectivity index (χ4n) is 2.26. The standard InChI is InChI=1S/C18H19ClN2O5S/c1-11(2)9-17(22)20-13-4-6-14(7-5-13)21-27(25,26)16-10-12(18(23)24)3-8-15(16)19/h3-8,10-11,21H,9H2,1-2H3,(H,20,22)(H,23,24). The number of halogens is 1. The minimum absolute atomic E-state index is 0.0925. The number of carboxylic acid groups (broad SMARTS) is 1. The Morgan fingerprint density at radius 1 is 1.07 bits per heavy atom. The summed E-state index contributed by atoms with van der Waals surface area (Å²) in [5.74, 6) is -1.16. The number of sulfonamides is 1. The minimum atomic E-state index is -4.08. The SMILES string of the molecule is CC(C)CC(=O)Nc1ccc(NS(=O)(=O)c2cc(C(=O)O)ccc2Cl)cc1. The zero-order chi connectivity index (χ0) is 20.2. The second kappa shape index (κ2) is 8.41. The summed E-state index contributed by atoms with van der Waals surface area (Å²) in [4.78, 5) is 22.5. The van der Waals surface area contributed by atoms with Crippen molar-refractivity contribution in [2.75, 3.05) is 10.0 Å². The van der Waals surface area contributed by atoms with Crippen LogP contribution >= 0.6 is 11.6 Å². The monoisotopic (exact) mass is 410 g/mol. The quantitative estimate of drug-likeness (QED) is 0.642. The predicted octanol–water partition coefficient (Wildman–Crippen LogP) is 3.82. The molecule has 2 aromatic rings. The summed E-state index contributed by atoms with van der Waals surface area (Å²) in [6.07, 6.45) is 0.382. The van der Waals surface area contributed by atoms with Crippen molar-refractivity contribution < 1.29 is 23.1 Å². The summed E-state index contributed by atoms with van der Waals surface area (Å²) >= 11 is 5.92. The second-order valence-corrected chi connectivity index (χ2v) is 8.34.